The minimum Gasteiger partial charge on any atom is -0.545 e. The molecular formula is C13H7F2LiN4O2. The van der Waals surface area contributed by atoms with Gasteiger partial charge in [-0.25, -0.2) is 13.3 Å². The Morgan fingerprint density at radius 1 is 1.27 bits per heavy atom. The summed E-state index contributed by atoms with van der Waals surface area (Å²) in [6.07, 6.45) is 1.42. The molecule has 3 rings (SSSR count). The maximum absolute atomic E-state index is 14.1. The van der Waals surface area contributed by atoms with Gasteiger partial charge in [0.25, 0.3) is 0 Å². The molecular weight excluding hydrogens is 289 g/mol. The Balaban J connectivity index is 0.00000176. The Morgan fingerprint density at radius 3 is 2.68 bits per heavy atom. The summed E-state index contributed by atoms with van der Waals surface area (Å²) in [6, 6.07) is 4.41. The molecule has 0 spiro atoms. The molecule has 0 aliphatic rings. The average Bonchev–Trinajstić information content (AvgIpc) is 2.77. The van der Waals surface area contributed by atoms with Gasteiger partial charge in [-0.3, -0.25) is 0 Å². The number of aromatic nitrogens is 3. The number of carboxylic acids is 1. The molecule has 0 saturated carbocycles. The Morgan fingerprint density at radius 2 is 2.00 bits per heavy atom. The Kier molecular flexibility index (Phi) is 4.17. The van der Waals surface area contributed by atoms with E-state index in [9.17, 15) is 18.7 Å². The third kappa shape index (κ3) is 2.54. The third-order valence-electron chi connectivity index (χ3n) is 2.95. The molecule has 22 heavy (non-hydrogen) atoms. The number of halogens is 2. The summed E-state index contributed by atoms with van der Waals surface area (Å²) in [6.45, 7) is 0. The van der Waals surface area contributed by atoms with Crippen molar-refractivity contribution in [2.24, 2.45) is 0 Å². The molecule has 2 heterocycles. The SMILES string of the molecule is Nc1nc2cc(-c3c(F)ccc(C(=O)[O-])c3F)ccn2n1.[Li+]. The van der Waals surface area contributed by atoms with Gasteiger partial charge >= 0.3 is 18.9 Å². The molecule has 0 aliphatic heterocycles. The van der Waals surface area contributed by atoms with Crippen LogP contribution in [0.25, 0.3) is 16.8 Å². The van der Waals surface area contributed by atoms with Crippen LogP contribution < -0.4 is 29.7 Å². The Labute approximate surface area is 134 Å². The van der Waals surface area contributed by atoms with Crippen molar-refractivity contribution in [3.63, 3.8) is 0 Å². The minimum absolute atomic E-state index is 0. The van der Waals surface area contributed by atoms with Gasteiger partial charge < -0.3 is 15.6 Å². The fourth-order valence-corrected chi connectivity index (χ4v) is 2.03. The standard InChI is InChI=1S/C13H8F2N4O2.Li/c14-8-2-1-7(12(20)21)11(15)10(8)6-3-4-19-9(5-6)17-13(16)18-19;/h1-5H,(H2,16,18)(H,20,21);/q;+1/p-1. The van der Waals surface area contributed by atoms with E-state index < -0.39 is 28.7 Å². The van der Waals surface area contributed by atoms with Crippen molar-refractivity contribution >= 4 is 17.6 Å². The van der Waals surface area contributed by atoms with Gasteiger partial charge in [-0.05, 0) is 29.8 Å². The number of nitrogens with zero attached hydrogens (tertiary/aromatic N) is 3. The molecule has 0 saturated heterocycles. The van der Waals surface area contributed by atoms with Gasteiger partial charge in [-0.2, -0.15) is 4.98 Å². The van der Waals surface area contributed by atoms with Crippen molar-refractivity contribution in [1.82, 2.24) is 14.6 Å². The molecule has 0 bridgehead atoms. The summed E-state index contributed by atoms with van der Waals surface area (Å²) >= 11 is 0. The monoisotopic (exact) mass is 296 g/mol. The number of carbonyl (C=O) groups is 1. The van der Waals surface area contributed by atoms with Crippen molar-refractivity contribution in [3.05, 3.63) is 47.7 Å². The van der Waals surface area contributed by atoms with Gasteiger partial charge in [-0.1, -0.05) is 0 Å². The number of nitrogens with two attached hydrogens (primary N) is 1. The molecule has 3 aromatic rings. The number of fused-ring (bicyclic) bond motifs is 1. The molecule has 0 aliphatic carbocycles. The van der Waals surface area contributed by atoms with Gasteiger partial charge in [0, 0.05) is 11.8 Å². The third-order valence-corrected chi connectivity index (χ3v) is 2.95. The quantitative estimate of drug-likeness (QED) is 0.533. The summed E-state index contributed by atoms with van der Waals surface area (Å²) in [4.78, 5) is 14.7. The molecule has 1 aromatic carbocycles. The summed E-state index contributed by atoms with van der Waals surface area (Å²) in [7, 11) is 0. The fourth-order valence-electron chi connectivity index (χ4n) is 2.03. The first-order valence-electron chi connectivity index (χ1n) is 5.79. The molecule has 6 nitrogen and oxygen atoms in total. The van der Waals surface area contributed by atoms with E-state index >= 15 is 0 Å². The summed E-state index contributed by atoms with van der Waals surface area (Å²) in [5.74, 6) is -3.81. The Bertz CT molecular complexity index is 882. The predicted octanol–water partition coefficient (Wildman–Crippen LogP) is -2.38. The molecule has 0 fully saturated rings. The number of hydrogen-bond acceptors (Lipinski definition) is 5. The maximum Gasteiger partial charge on any atom is 1.00 e. The van der Waals surface area contributed by atoms with E-state index in [2.05, 4.69) is 10.1 Å². The van der Waals surface area contributed by atoms with Crippen LogP contribution in [0.1, 0.15) is 10.4 Å². The average molecular weight is 296 g/mol. The van der Waals surface area contributed by atoms with E-state index in [4.69, 9.17) is 5.73 Å². The Hall–Kier alpha value is -2.43. The molecule has 2 N–H and O–H groups in total. The van der Waals surface area contributed by atoms with Gasteiger partial charge in [0.1, 0.15) is 11.6 Å². The van der Waals surface area contributed by atoms with Gasteiger partial charge in [0.05, 0.1) is 11.5 Å². The normalized spacial score (nSPS) is 10.5. The zero-order valence-electron chi connectivity index (χ0n) is 11.4. The van der Waals surface area contributed by atoms with E-state index in [0.29, 0.717) is 0 Å². The van der Waals surface area contributed by atoms with Gasteiger partial charge in [0.15, 0.2) is 5.65 Å². The van der Waals surface area contributed by atoms with Crippen LogP contribution in [0, 0.1) is 11.6 Å². The summed E-state index contributed by atoms with van der Waals surface area (Å²) < 4.78 is 29.3. The van der Waals surface area contributed by atoms with Crippen molar-refractivity contribution in [3.8, 4) is 11.1 Å². The number of anilines is 1. The van der Waals surface area contributed by atoms with Crippen LogP contribution in [-0.2, 0) is 0 Å². The van der Waals surface area contributed by atoms with E-state index in [1.54, 1.807) is 0 Å². The minimum atomic E-state index is -1.72. The number of pyridine rings is 1. The van der Waals surface area contributed by atoms with Crippen LogP contribution in [-0.4, -0.2) is 20.6 Å². The second-order valence-electron chi connectivity index (χ2n) is 4.26. The van der Waals surface area contributed by atoms with Crippen LogP contribution in [0.5, 0.6) is 0 Å². The second kappa shape index (κ2) is 5.75. The van der Waals surface area contributed by atoms with E-state index in [1.807, 2.05) is 0 Å². The predicted molar refractivity (Wildman–Crippen MR) is 67.1 cm³/mol. The van der Waals surface area contributed by atoms with Crippen LogP contribution in [0.4, 0.5) is 14.7 Å². The zero-order chi connectivity index (χ0) is 15.1. The number of aromatic carboxylic acids is 1. The fraction of sp³-hybridized carbons (Fsp3) is 0. The molecule has 0 radical (unpaired) electrons. The molecule has 9 heteroatoms. The van der Waals surface area contributed by atoms with Crippen LogP contribution in [0.2, 0.25) is 0 Å². The first-order chi connectivity index (χ1) is 9.97. The summed E-state index contributed by atoms with van der Waals surface area (Å²) in [5, 5.41) is 14.6. The first kappa shape index (κ1) is 15.9. The zero-order valence-corrected chi connectivity index (χ0v) is 11.4. The molecule has 0 unspecified atom stereocenters. The van der Waals surface area contributed by atoms with E-state index in [0.717, 1.165) is 12.1 Å². The first-order valence-corrected chi connectivity index (χ1v) is 5.79. The van der Waals surface area contributed by atoms with Crippen LogP contribution in [0.3, 0.4) is 0 Å². The molecule has 106 valence electrons. The number of hydrogen-bond donors (Lipinski definition) is 1. The van der Waals surface area contributed by atoms with E-state index in [1.165, 1.54) is 22.8 Å². The number of carbonyl (C=O) groups excluding carboxylic acids is 1. The molecule has 2 aromatic heterocycles. The second-order valence-corrected chi connectivity index (χ2v) is 4.26. The van der Waals surface area contributed by atoms with E-state index in [-0.39, 0.29) is 36.0 Å². The summed E-state index contributed by atoms with van der Waals surface area (Å²) in [5.41, 5.74) is 4.64. The van der Waals surface area contributed by atoms with Gasteiger partial charge in [-0.15, -0.1) is 5.10 Å². The van der Waals surface area contributed by atoms with Crippen molar-refractivity contribution in [1.29, 1.82) is 0 Å². The number of nitrogen functional groups attached to an aromatic ring is 1. The van der Waals surface area contributed by atoms with Crippen LogP contribution in [0.15, 0.2) is 30.5 Å². The molecule has 0 amide bonds. The van der Waals surface area contributed by atoms with Crippen molar-refractivity contribution in [2.45, 2.75) is 0 Å². The smallest absolute Gasteiger partial charge is 0.545 e. The number of rotatable bonds is 2. The topological polar surface area (TPSA) is 96.3 Å². The largest absolute Gasteiger partial charge is 1.00 e. The maximum atomic E-state index is 14.1. The van der Waals surface area contributed by atoms with Crippen molar-refractivity contribution < 1.29 is 37.5 Å². The number of carboxylic acid groups (broad SMARTS) is 1. The van der Waals surface area contributed by atoms with Gasteiger partial charge in [0.2, 0.25) is 5.95 Å². The van der Waals surface area contributed by atoms with Crippen LogP contribution >= 0.6 is 0 Å². The number of benzene rings is 1. The van der Waals surface area contributed by atoms with Crippen molar-refractivity contribution in [2.75, 3.05) is 5.73 Å². The molecule has 0 atom stereocenters.